The first-order valence-electron chi connectivity index (χ1n) is 7.41. The maximum absolute atomic E-state index is 12.3. The van der Waals surface area contributed by atoms with Gasteiger partial charge in [0.2, 0.25) is 0 Å². The molecule has 0 radical (unpaired) electrons. The van der Waals surface area contributed by atoms with Gasteiger partial charge >= 0.3 is 0 Å². The predicted octanol–water partition coefficient (Wildman–Crippen LogP) is 3.80. The fourth-order valence-electron chi connectivity index (χ4n) is 2.45. The summed E-state index contributed by atoms with van der Waals surface area (Å²) in [5, 5.41) is 3.13. The Morgan fingerprint density at radius 1 is 1.20 bits per heavy atom. The van der Waals surface area contributed by atoms with E-state index in [0.717, 1.165) is 11.3 Å². The molecule has 0 heterocycles. The molecule has 1 aromatic carbocycles. The fraction of sp³-hybridized carbons (Fsp3) is 0.588. The Kier molecular flexibility index (Phi) is 6.05. The summed E-state index contributed by atoms with van der Waals surface area (Å²) < 4.78 is 5.50. The van der Waals surface area contributed by atoms with Crippen LogP contribution in [0.1, 0.15) is 50.5 Å². The quantitative estimate of drug-likeness (QED) is 0.858. The van der Waals surface area contributed by atoms with Crippen molar-refractivity contribution in [2.45, 2.75) is 47.6 Å². The monoisotopic (exact) mass is 277 g/mol. The van der Waals surface area contributed by atoms with Crippen LogP contribution in [-0.4, -0.2) is 18.6 Å². The third kappa shape index (κ3) is 4.26. The number of hydrogen-bond donors (Lipinski definition) is 1. The summed E-state index contributed by atoms with van der Waals surface area (Å²) in [7, 11) is 0. The molecule has 3 heteroatoms. The Morgan fingerprint density at radius 3 is 2.25 bits per heavy atom. The summed E-state index contributed by atoms with van der Waals surface area (Å²) in [5.74, 6) is 1.67. The molecule has 0 fully saturated rings. The average molecular weight is 277 g/mol. The lowest BCUT2D eigenvalue weighted by Gasteiger charge is -2.26. The first-order chi connectivity index (χ1) is 9.36. The van der Waals surface area contributed by atoms with Gasteiger partial charge in [-0.25, -0.2) is 0 Å². The lowest BCUT2D eigenvalue weighted by molar-refractivity contribution is 0.0910. The number of carbonyl (C=O) groups is 1. The number of amides is 1. The van der Waals surface area contributed by atoms with Gasteiger partial charge in [0.05, 0.1) is 6.61 Å². The zero-order valence-corrected chi connectivity index (χ0v) is 13.5. The summed E-state index contributed by atoms with van der Waals surface area (Å²) in [6.07, 6.45) is 0. The van der Waals surface area contributed by atoms with Gasteiger partial charge in [-0.15, -0.1) is 0 Å². The van der Waals surface area contributed by atoms with E-state index >= 15 is 0 Å². The minimum absolute atomic E-state index is 0.0106. The molecule has 1 aromatic rings. The van der Waals surface area contributed by atoms with Crippen molar-refractivity contribution in [1.82, 2.24) is 5.32 Å². The smallest absolute Gasteiger partial charge is 0.251 e. The van der Waals surface area contributed by atoms with Crippen LogP contribution in [0.5, 0.6) is 5.75 Å². The van der Waals surface area contributed by atoms with E-state index in [4.69, 9.17) is 4.74 Å². The van der Waals surface area contributed by atoms with Crippen molar-refractivity contribution in [2.75, 3.05) is 6.61 Å². The molecule has 112 valence electrons. The number of benzene rings is 1. The number of carbonyl (C=O) groups excluding carboxylic acids is 1. The minimum atomic E-state index is -0.0106. The molecule has 1 N–H and O–H groups in total. The molecule has 0 spiro atoms. The highest BCUT2D eigenvalue weighted by Gasteiger charge is 2.20. The van der Waals surface area contributed by atoms with Gasteiger partial charge in [0.25, 0.3) is 5.91 Å². The van der Waals surface area contributed by atoms with Gasteiger partial charge in [-0.1, -0.05) is 27.7 Å². The Labute approximate surface area is 122 Å². The van der Waals surface area contributed by atoms with Crippen LogP contribution in [0.2, 0.25) is 0 Å². The van der Waals surface area contributed by atoms with Gasteiger partial charge in [-0.2, -0.15) is 0 Å². The van der Waals surface area contributed by atoms with Crippen molar-refractivity contribution in [3.8, 4) is 5.75 Å². The van der Waals surface area contributed by atoms with E-state index in [1.54, 1.807) is 0 Å². The van der Waals surface area contributed by atoms with E-state index in [1.807, 2.05) is 32.0 Å². The van der Waals surface area contributed by atoms with Crippen LogP contribution in [-0.2, 0) is 0 Å². The summed E-state index contributed by atoms with van der Waals surface area (Å²) in [6.45, 7) is 13.1. The van der Waals surface area contributed by atoms with Gasteiger partial charge in [0.1, 0.15) is 5.75 Å². The molecule has 0 unspecified atom stereocenters. The summed E-state index contributed by atoms with van der Waals surface area (Å²) in [6, 6.07) is 5.77. The first-order valence-corrected chi connectivity index (χ1v) is 7.41. The lowest BCUT2D eigenvalue weighted by atomic mass is 9.93. The third-order valence-corrected chi connectivity index (χ3v) is 3.47. The summed E-state index contributed by atoms with van der Waals surface area (Å²) in [5.41, 5.74) is 1.68. The molecule has 0 aliphatic rings. The van der Waals surface area contributed by atoms with Crippen molar-refractivity contribution in [2.24, 2.45) is 11.8 Å². The van der Waals surface area contributed by atoms with Gasteiger partial charge in [0, 0.05) is 11.6 Å². The Hall–Kier alpha value is -1.51. The second-order valence-electron chi connectivity index (χ2n) is 5.90. The van der Waals surface area contributed by atoms with Crippen LogP contribution < -0.4 is 10.1 Å². The van der Waals surface area contributed by atoms with Crippen LogP contribution in [0.3, 0.4) is 0 Å². The zero-order chi connectivity index (χ0) is 15.3. The molecule has 0 saturated carbocycles. The molecule has 0 aliphatic carbocycles. The Morgan fingerprint density at radius 2 is 1.80 bits per heavy atom. The molecule has 3 nitrogen and oxygen atoms in total. The molecule has 0 atom stereocenters. The number of aryl methyl sites for hydroxylation is 1. The predicted molar refractivity (Wildman–Crippen MR) is 83.3 cm³/mol. The molecule has 0 aliphatic heterocycles. The van der Waals surface area contributed by atoms with E-state index in [1.165, 1.54) is 0 Å². The highest BCUT2D eigenvalue weighted by Crippen LogP contribution is 2.20. The third-order valence-electron chi connectivity index (χ3n) is 3.47. The van der Waals surface area contributed by atoms with Crippen LogP contribution in [0.15, 0.2) is 18.2 Å². The van der Waals surface area contributed by atoms with E-state index < -0.39 is 0 Å². The van der Waals surface area contributed by atoms with Crippen LogP contribution in [0.25, 0.3) is 0 Å². The molecule has 20 heavy (non-hydrogen) atoms. The summed E-state index contributed by atoms with van der Waals surface area (Å²) >= 11 is 0. The minimum Gasteiger partial charge on any atom is -0.494 e. The van der Waals surface area contributed by atoms with Crippen molar-refractivity contribution >= 4 is 5.91 Å². The second-order valence-corrected chi connectivity index (χ2v) is 5.90. The maximum Gasteiger partial charge on any atom is 0.251 e. The molecular formula is C17H27NO2. The number of hydrogen-bond acceptors (Lipinski definition) is 2. The Bertz CT molecular complexity index is 444. The maximum atomic E-state index is 12.3. The van der Waals surface area contributed by atoms with Crippen molar-refractivity contribution in [1.29, 1.82) is 0 Å². The number of nitrogens with one attached hydrogen (secondary N) is 1. The van der Waals surface area contributed by atoms with Gasteiger partial charge < -0.3 is 10.1 Å². The van der Waals surface area contributed by atoms with Crippen molar-refractivity contribution < 1.29 is 9.53 Å². The topological polar surface area (TPSA) is 38.3 Å². The van der Waals surface area contributed by atoms with Crippen LogP contribution in [0, 0.1) is 18.8 Å². The molecule has 0 bridgehead atoms. The second kappa shape index (κ2) is 7.32. The highest BCUT2D eigenvalue weighted by atomic mass is 16.5. The number of ether oxygens (including phenoxy) is 1. The molecule has 0 aromatic heterocycles. The zero-order valence-electron chi connectivity index (χ0n) is 13.5. The molecule has 0 saturated heterocycles. The first kappa shape index (κ1) is 16.5. The van der Waals surface area contributed by atoms with Crippen LogP contribution in [0.4, 0.5) is 0 Å². The summed E-state index contributed by atoms with van der Waals surface area (Å²) in [4.78, 5) is 12.3. The lowest BCUT2D eigenvalue weighted by Crippen LogP contribution is -2.42. The highest BCUT2D eigenvalue weighted by molar-refractivity contribution is 5.94. The molecule has 1 amide bonds. The van der Waals surface area contributed by atoms with Gasteiger partial charge in [-0.05, 0) is 49.4 Å². The largest absolute Gasteiger partial charge is 0.494 e. The van der Waals surface area contributed by atoms with E-state index in [2.05, 4.69) is 33.0 Å². The van der Waals surface area contributed by atoms with Crippen molar-refractivity contribution in [3.05, 3.63) is 29.3 Å². The number of rotatable bonds is 6. The van der Waals surface area contributed by atoms with Crippen LogP contribution >= 0.6 is 0 Å². The SMILES string of the molecule is CCOc1ccc(C(=O)NC(C(C)C)C(C)C)cc1C. The van der Waals surface area contributed by atoms with Crippen molar-refractivity contribution in [3.63, 3.8) is 0 Å². The van der Waals surface area contributed by atoms with E-state index in [0.29, 0.717) is 24.0 Å². The Balaban J connectivity index is 2.84. The normalized spacial score (nSPS) is 11.2. The standard InChI is InChI=1S/C17H27NO2/c1-7-20-15-9-8-14(10-13(15)6)17(19)18-16(11(2)3)12(4)5/h8-12,16H,7H2,1-6H3,(H,18,19). The van der Waals surface area contributed by atoms with Gasteiger partial charge in [-0.3, -0.25) is 4.79 Å². The molecule has 1 rings (SSSR count). The molecular weight excluding hydrogens is 250 g/mol. The van der Waals surface area contributed by atoms with E-state index in [-0.39, 0.29) is 11.9 Å². The fourth-order valence-corrected chi connectivity index (χ4v) is 2.45. The van der Waals surface area contributed by atoms with E-state index in [9.17, 15) is 4.79 Å². The van der Waals surface area contributed by atoms with Gasteiger partial charge in [0.15, 0.2) is 0 Å². The average Bonchev–Trinajstić information content (AvgIpc) is 2.37.